The summed E-state index contributed by atoms with van der Waals surface area (Å²) in [6, 6.07) is 6.55. The van der Waals surface area contributed by atoms with Crippen molar-refractivity contribution in [1.29, 1.82) is 0 Å². The first-order valence-corrected chi connectivity index (χ1v) is 5.90. The van der Waals surface area contributed by atoms with Crippen molar-refractivity contribution in [3.63, 3.8) is 0 Å². The van der Waals surface area contributed by atoms with E-state index in [1.165, 1.54) is 12.4 Å². The summed E-state index contributed by atoms with van der Waals surface area (Å²) in [6.07, 6.45) is 1.34. The van der Waals surface area contributed by atoms with Crippen molar-refractivity contribution < 1.29 is 4.92 Å². The molecular weight excluding hydrogens is 268 g/mol. The van der Waals surface area contributed by atoms with Gasteiger partial charge in [0.25, 0.3) is 5.69 Å². The van der Waals surface area contributed by atoms with Crippen molar-refractivity contribution in [2.24, 2.45) is 0 Å². The van der Waals surface area contributed by atoms with Crippen molar-refractivity contribution in [2.45, 2.75) is 13.5 Å². The largest absolute Gasteiger partial charge is 0.365 e. The van der Waals surface area contributed by atoms with Crippen LogP contribution in [0.5, 0.6) is 0 Å². The van der Waals surface area contributed by atoms with E-state index in [-0.39, 0.29) is 5.69 Å². The molecule has 0 aliphatic heterocycles. The molecule has 1 heterocycles. The fourth-order valence-corrected chi connectivity index (χ4v) is 1.76. The summed E-state index contributed by atoms with van der Waals surface area (Å²) in [5, 5.41) is 14.3. The Hall–Kier alpha value is -2.21. The Bertz CT molecular complexity index is 618. The molecule has 0 saturated carbocycles. The number of nitro benzene ring substituents is 1. The van der Waals surface area contributed by atoms with Gasteiger partial charge in [0, 0.05) is 23.7 Å². The maximum Gasteiger partial charge on any atom is 0.274 e. The second-order valence-electron chi connectivity index (χ2n) is 3.88. The number of halogens is 1. The Morgan fingerprint density at radius 2 is 2.11 bits per heavy atom. The first kappa shape index (κ1) is 13.2. The summed E-state index contributed by atoms with van der Waals surface area (Å²) < 4.78 is 0. The van der Waals surface area contributed by atoms with Crippen molar-refractivity contribution in [1.82, 2.24) is 9.97 Å². The Morgan fingerprint density at radius 1 is 1.37 bits per heavy atom. The molecule has 0 aliphatic carbocycles. The highest BCUT2D eigenvalue weighted by molar-refractivity contribution is 6.30. The number of nitrogens with one attached hydrogen (secondary N) is 1. The van der Waals surface area contributed by atoms with Crippen LogP contribution in [-0.2, 0) is 6.54 Å². The van der Waals surface area contributed by atoms with E-state index in [2.05, 4.69) is 15.3 Å². The van der Waals surface area contributed by atoms with Gasteiger partial charge in [0.05, 0.1) is 4.92 Å². The molecule has 1 aromatic carbocycles. The Labute approximate surface area is 114 Å². The second kappa shape index (κ2) is 5.62. The maximum absolute atomic E-state index is 10.9. The average molecular weight is 279 g/mol. The van der Waals surface area contributed by atoms with Gasteiger partial charge in [-0.2, -0.15) is 0 Å². The Morgan fingerprint density at radius 3 is 2.84 bits per heavy atom. The van der Waals surface area contributed by atoms with Gasteiger partial charge in [0.2, 0.25) is 0 Å². The van der Waals surface area contributed by atoms with Gasteiger partial charge in [-0.25, -0.2) is 9.97 Å². The topological polar surface area (TPSA) is 81.0 Å². The third-order valence-corrected chi connectivity index (χ3v) is 3.04. The van der Waals surface area contributed by atoms with Gasteiger partial charge in [-0.3, -0.25) is 10.1 Å². The van der Waals surface area contributed by atoms with Crippen LogP contribution < -0.4 is 5.32 Å². The number of para-hydroxylation sites is 1. The molecule has 0 saturated heterocycles. The van der Waals surface area contributed by atoms with Crippen LogP contribution in [0.1, 0.15) is 11.1 Å². The number of nitro groups is 1. The van der Waals surface area contributed by atoms with E-state index in [1.807, 2.05) is 0 Å². The average Bonchev–Trinajstić information content (AvgIpc) is 2.40. The SMILES string of the molecule is Cc1c(Cl)ncnc1NCc1ccccc1[N+](=O)[O-]. The Balaban J connectivity index is 2.19. The molecule has 98 valence electrons. The second-order valence-corrected chi connectivity index (χ2v) is 4.24. The van der Waals surface area contributed by atoms with Crippen LogP contribution in [0.15, 0.2) is 30.6 Å². The Kier molecular flexibility index (Phi) is 3.91. The summed E-state index contributed by atoms with van der Waals surface area (Å²) >= 11 is 5.88. The highest BCUT2D eigenvalue weighted by Crippen LogP contribution is 2.21. The molecular formula is C12H11ClN4O2. The van der Waals surface area contributed by atoms with Crippen LogP contribution >= 0.6 is 11.6 Å². The van der Waals surface area contributed by atoms with E-state index in [0.717, 1.165) is 0 Å². The van der Waals surface area contributed by atoms with Crippen molar-refractivity contribution in [3.05, 3.63) is 57.0 Å². The predicted octanol–water partition coefficient (Wildman–Crippen LogP) is 2.96. The molecule has 1 aromatic heterocycles. The van der Waals surface area contributed by atoms with Gasteiger partial charge < -0.3 is 5.32 Å². The third-order valence-electron chi connectivity index (χ3n) is 2.66. The molecule has 19 heavy (non-hydrogen) atoms. The first-order chi connectivity index (χ1) is 9.09. The molecule has 0 aliphatic rings. The van der Waals surface area contributed by atoms with E-state index >= 15 is 0 Å². The van der Waals surface area contributed by atoms with E-state index in [9.17, 15) is 10.1 Å². The molecule has 1 N–H and O–H groups in total. The number of rotatable bonds is 4. The maximum atomic E-state index is 10.9. The molecule has 0 bridgehead atoms. The standard InChI is InChI=1S/C12H11ClN4O2/c1-8-11(13)15-7-16-12(8)14-6-9-4-2-3-5-10(9)17(18)19/h2-5,7H,6H2,1H3,(H,14,15,16). The van der Waals surface area contributed by atoms with Crippen LogP contribution in [0.2, 0.25) is 5.15 Å². The number of nitrogens with zero attached hydrogens (tertiary/aromatic N) is 3. The summed E-state index contributed by atoms with van der Waals surface area (Å²) in [6.45, 7) is 2.08. The van der Waals surface area contributed by atoms with Gasteiger partial charge in [0.15, 0.2) is 0 Å². The highest BCUT2D eigenvalue weighted by atomic mass is 35.5. The zero-order valence-electron chi connectivity index (χ0n) is 10.1. The lowest BCUT2D eigenvalue weighted by Gasteiger charge is -2.09. The van der Waals surface area contributed by atoms with Gasteiger partial charge in [-0.1, -0.05) is 29.8 Å². The molecule has 0 spiro atoms. The smallest absolute Gasteiger partial charge is 0.274 e. The zero-order valence-corrected chi connectivity index (χ0v) is 10.9. The van der Waals surface area contributed by atoms with Crippen molar-refractivity contribution in [3.8, 4) is 0 Å². The molecule has 6 nitrogen and oxygen atoms in total. The number of benzene rings is 1. The van der Waals surface area contributed by atoms with Crippen molar-refractivity contribution in [2.75, 3.05) is 5.32 Å². The lowest BCUT2D eigenvalue weighted by Crippen LogP contribution is -2.06. The van der Waals surface area contributed by atoms with Crippen LogP contribution in [0, 0.1) is 17.0 Å². The van der Waals surface area contributed by atoms with Crippen LogP contribution in [0.4, 0.5) is 11.5 Å². The number of aromatic nitrogens is 2. The van der Waals surface area contributed by atoms with E-state index in [1.54, 1.807) is 25.1 Å². The van der Waals surface area contributed by atoms with Crippen LogP contribution in [-0.4, -0.2) is 14.9 Å². The zero-order chi connectivity index (χ0) is 13.8. The third kappa shape index (κ3) is 2.97. The van der Waals surface area contributed by atoms with Crippen LogP contribution in [0.25, 0.3) is 0 Å². The number of hydrogen-bond acceptors (Lipinski definition) is 5. The van der Waals surface area contributed by atoms with Crippen molar-refractivity contribution >= 4 is 23.1 Å². The lowest BCUT2D eigenvalue weighted by molar-refractivity contribution is -0.385. The minimum absolute atomic E-state index is 0.0767. The van der Waals surface area contributed by atoms with Gasteiger partial charge in [-0.15, -0.1) is 0 Å². The molecule has 0 amide bonds. The summed E-state index contributed by atoms with van der Waals surface area (Å²) in [7, 11) is 0. The fraction of sp³-hybridized carbons (Fsp3) is 0.167. The quantitative estimate of drug-likeness (QED) is 0.528. The summed E-state index contributed by atoms with van der Waals surface area (Å²) in [5.74, 6) is 0.568. The highest BCUT2D eigenvalue weighted by Gasteiger charge is 2.12. The number of anilines is 1. The molecule has 0 unspecified atom stereocenters. The molecule has 2 rings (SSSR count). The van der Waals surface area contributed by atoms with E-state index in [4.69, 9.17) is 11.6 Å². The predicted molar refractivity (Wildman–Crippen MR) is 72.2 cm³/mol. The number of hydrogen-bond donors (Lipinski definition) is 1. The minimum Gasteiger partial charge on any atom is -0.365 e. The van der Waals surface area contributed by atoms with E-state index < -0.39 is 4.92 Å². The van der Waals surface area contributed by atoms with Crippen LogP contribution in [0.3, 0.4) is 0 Å². The normalized spacial score (nSPS) is 10.2. The molecule has 0 fully saturated rings. The molecule has 0 atom stereocenters. The lowest BCUT2D eigenvalue weighted by atomic mass is 10.2. The minimum atomic E-state index is -0.406. The van der Waals surface area contributed by atoms with Gasteiger partial charge >= 0.3 is 0 Å². The molecule has 0 radical (unpaired) electrons. The molecule has 2 aromatic rings. The molecule has 7 heteroatoms. The fourth-order valence-electron chi connectivity index (χ4n) is 1.62. The van der Waals surface area contributed by atoms with Gasteiger partial charge in [-0.05, 0) is 6.92 Å². The first-order valence-electron chi connectivity index (χ1n) is 5.53. The van der Waals surface area contributed by atoms with E-state index in [0.29, 0.717) is 28.6 Å². The summed E-state index contributed by atoms with van der Waals surface area (Å²) in [4.78, 5) is 18.4. The summed E-state index contributed by atoms with van der Waals surface area (Å²) in [5.41, 5.74) is 1.37. The van der Waals surface area contributed by atoms with Gasteiger partial charge in [0.1, 0.15) is 17.3 Å². The monoisotopic (exact) mass is 278 g/mol.